The molecule has 2 bridgehead atoms. The number of halogens is 2. The zero-order valence-electron chi connectivity index (χ0n) is 22.3. The molecule has 0 N–H and O–H groups in total. The van der Waals surface area contributed by atoms with Gasteiger partial charge in [-0.2, -0.15) is 9.97 Å². The molecular formula is C31H35ClFN5O. The number of hydrogen-bond acceptors (Lipinski definition) is 6. The van der Waals surface area contributed by atoms with Crippen molar-refractivity contribution in [1.29, 1.82) is 0 Å². The number of ether oxygens (including phenoxy) is 1. The highest BCUT2D eigenvalue weighted by Gasteiger charge is 2.45. The predicted octanol–water partition coefficient (Wildman–Crippen LogP) is 6.61. The summed E-state index contributed by atoms with van der Waals surface area (Å²) in [4.78, 5) is 19.3. The predicted molar refractivity (Wildman–Crippen MR) is 151 cm³/mol. The molecule has 6 nitrogen and oxygen atoms in total. The Hall–Kier alpha value is -2.51. The van der Waals surface area contributed by atoms with E-state index >= 15 is 4.39 Å². The van der Waals surface area contributed by atoms with Gasteiger partial charge in [-0.05, 0) is 100 Å². The molecule has 2 unspecified atom stereocenters. The van der Waals surface area contributed by atoms with E-state index in [2.05, 4.69) is 9.80 Å². The zero-order valence-corrected chi connectivity index (χ0v) is 23.1. The van der Waals surface area contributed by atoms with Crippen LogP contribution in [0.5, 0.6) is 6.01 Å². The fourth-order valence-electron chi connectivity index (χ4n) is 8.09. The van der Waals surface area contributed by atoms with Crippen molar-refractivity contribution in [2.45, 2.75) is 69.2 Å². The van der Waals surface area contributed by atoms with Crippen LogP contribution in [0.2, 0.25) is 5.02 Å². The van der Waals surface area contributed by atoms with Crippen molar-refractivity contribution in [1.82, 2.24) is 19.9 Å². The van der Waals surface area contributed by atoms with Crippen LogP contribution in [0.3, 0.4) is 0 Å². The van der Waals surface area contributed by atoms with E-state index in [1.165, 1.54) is 32.1 Å². The van der Waals surface area contributed by atoms with E-state index in [-0.39, 0.29) is 11.5 Å². The fraction of sp³-hybridized carbons (Fsp3) is 0.581. The molecule has 5 fully saturated rings. The zero-order chi connectivity index (χ0) is 26.1. The van der Waals surface area contributed by atoms with Gasteiger partial charge in [0.05, 0.1) is 10.9 Å². The van der Waals surface area contributed by atoms with Gasteiger partial charge in [-0.1, -0.05) is 23.7 Å². The van der Waals surface area contributed by atoms with Crippen molar-refractivity contribution in [2.75, 3.05) is 37.7 Å². The van der Waals surface area contributed by atoms with Crippen LogP contribution in [-0.4, -0.2) is 58.2 Å². The van der Waals surface area contributed by atoms with Gasteiger partial charge in [0, 0.05) is 29.9 Å². The molecular weight excluding hydrogens is 513 g/mol. The summed E-state index contributed by atoms with van der Waals surface area (Å²) in [5, 5.41) is 1.35. The molecule has 1 aromatic carbocycles. The number of aromatic nitrogens is 3. The van der Waals surface area contributed by atoms with E-state index in [1.54, 1.807) is 6.20 Å². The number of nitrogens with zero attached hydrogens (tertiary/aromatic N) is 5. The average molecular weight is 548 g/mol. The maximum absolute atomic E-state index is 16.5. The van der Waals surface area contributed by atoms with Gasteiger partial charge in [0.1, 0.15) is 23.6 Å². The standard InChI is InChI=1S/C31H35ClFN5O/c32-24-5-1-4-22(25(24)21-8-9-21)27-26(33)28-23(15-34-27)29(37-16-19-6-7-20(14-19)17-37)36-30(35-28)39-18-31-10-2-12-38(31)13-3-11-31/h1,4-5,15,19-21H,2-3,6-14,16-18H2. The molecule has 0 amide bonds. The number of benzene rings is 1. The second kappa shape index (κ2) is 9.27. The van der Waals surface area contributed by atoms with Crippen LogP contribution in [0.25, 0.3) is 22.2 Å². The van der Waals surface area contributed by atoms with Gasteiger partial charge in [-0.3, -0.25) is 9.88 Å². The normalized spacial score (nSPS) is 25.9. The van der Waals surface area contributed by atoms with E-state index in [9.17, 15) is 0 Å². The second-order valence-electron chi connectivity index (χ2n) is 12.6. The number of pyridine rings is 1. The highest BCUT2D eigenvalue weighted by molar-refractivity contribution is 6.31. The maximum atomic E-state index is 16.5. The molecule has 2 aliphatic carbocycles. The molecule has 5 aliphatic rings. The molecule has 3 aromatic rings. The van der Waals surface area contributed by atoms with Crippen molar-refractivity contribution in [3.8, 4) is 17.3 Å². The SMILES string of the molecule is Fc1c(-c2cccc(Cl)c2C2CC2)ncc2c(N3CC4CCC(C4)C3)nc(OCC34CCCN3CCC4)nc12. The monoisotopic (exact) mass is 547 g/mol. The highest BCUT2D eigenvalue weighted by atomic mass is 35.5. The van der Waals surface area contributed by atoms with Crippen molar-refractivity contribution < 1.29 is 9.13 Å². The Morgan fingerprint density at radius 1 is 1.03 bits per heavy atom. The first-order chi connectivity index (χ1) is 19.1. The third-order valence-corrected chi connectivity index (χ3v) is 10.5. The van der Waals surface area contributed by atoms with Gasteiger partial charge in [0.2, 0.25) is 0 Å². The van der Waals surface area contributed by atoms with Crippen LogP contribution in [0.4, 0.5) is 10.2 Å². The number of fused-ring (bicyclic) bond motifs is 4. The van der Waals surface area contributed by atoms with Gasteiger partial charge < -0.3 is 9.64 Å². The Morgan fingerprint density at radius 2 is 1.79 bits per heavy atom. The van der Waals surface area contributed by atoms with Crippen LogP contribution in [0, 0.1) is 17.7 Å². The summed E-state index contributed by atoms with van der Waals surface area (Å²) in [5.74, 6) is 2.07. The summed E-state index contributed by atoms with van der Waals surface area (Å²) in [6.45, 7) is 4.72. The van der Waals surface area contributed by atoms with E-state index in [0.717, 1.165) is 68.8 Å². The molecule has 3 aliphatic heterocycles. The summed E-state index contributed by atoms with van der Waals surface area (Å²) >= 11 is 6.61. The lowest BCUT2D eigenvalue weighted by molar-refractivity contribution is 0.108. The molecule has 8 heteroatoms. The van der Waals surface area contributed by atoms with Crippen LogP contribution in [0.15, 0.2) is 24.4 Å². The first-order valence-electron chi connectivity index (χ1n) is 14.9. The summed E-state index contributed by atoms with van der Waals surface area (Å²) in [6, 6.07) is 6.00. The minimum Gasteiger partial charge on any atom is -0.461 e. The van der Waals surface area contributed by atoms with Gasteiger partial charge in [0.25, 0.3) is 0 Å². The molecule has 5 heterocycles. The lowest BCUT2D eigenvalue weighted by atomic mass is 9.95. The maximum Gasteiger partial charge on any atom is 0.319 e. The summed E-state index contributed by atoms with van der Waals surface area (Å²) in [5.41, 5.74) is 2.47. The molecule has 2 saturated carbocycles. The Balaban J connectivity index is 1.23. The van der Waals surface area contributed by atoms with Gasteiger partial charge in [0.15, 0.2) is 5.82 Å². The first kappa shape index (κ1) is 24.3. The van der Waals surface area contributed by atoms with Gasteiger partial charge in [-0.25, -0.2) is 4.39 Å². The van der Waals surface area contributed by atoms with Gasteiger partial charge >= 0.3 is 6.01 Å². The molecule has 0 spiro atoms. The third-order valence-electron chi connectivity index (χ3n) is 10.1. The summed E-state index contributed by atoms with van der Waals surface area (Å²) in [6.07, 6.45) is 12.4. The topological polar surface area (TPSA) is 54.4 Å². The summed E-state index contributed by atoms with van der Waals surface area (Å²) < 4.78 is 22.9. The van der Waals surface area contributed by atoms with E-state index in [0.29, 0.717) is 46.0 Å². The molecule has 0 radical (unpaired) electrons. The van der Waals surface area contributed by atoms with Crippen molar-refractivity contribution in [2.24, 2.45) is 11.8 Å². The first-order valence-corrected chi connectivity index (χ1v) is 15.2. The highest BCUT2D eigenvalue weighted by Crippen LogP contribution is 2.48. The Labute approximate surface area is 233 Å². The lowest BCUT2D eigenvalue weighted by Gasteiger charge is -2.34. The van der Waals surface area contributed by atoms with E-state index in [4.69, 9.17) is 31.3 Å². The number of hydrogen-bond donors (Lipinski definition) is 0. The van der Waals surface area contributed by atoms with Crippen molar-refractivity contribution in [3.05, 3.63) is 40.8 Å². The molecule has 39 heavy (non-hydrogen) atoms. The molecule has 2 aromatic heterocycles. The molecule has 204 valence electrons. The van der Waals surface area contributed by atoms with Gasteiger partial charge in [-0.15, -0.1) is 0 Å². The van der Waals surface area contributed by atoms with Crippen LogP contribution < -0.4 is 9.64 Å². The van der Waals surface area contributed by atoms with Crippen LogP contribution in [0.1, 0.15) is 69.3 Å². The fourth-order valence-corrected chi connectivity index (χ4v) is 8.42. The lowest BCUT2D eigenvalue weighted by Crippen LogP contribution is -2.43. The smallest absolute Gasteiger partial charge is 0.319 e. The quantitative estimate of drug-likeness (QED) is 0.346. The molecule has 2 atom stereocenters. The Morgan fingerprint density at radius 3 is 2.54 bits per heavy atom. The number of rotatable bonds is 6. The van der Waals surface area contributed by atoms with Crippen LogP contribution >= 0.6 is 11.6 Å². The molecule has 8 rings (SSSR count). The number of anilines is 1. The average Bonchev–Trinajstić information content (AvgIpc) is 3.44. The van der Waals surface area contributed by atoms with Crippen molar-refractivity contribution >= 4 is 28.3 Å². The van der Waals surface area contributed by atoms with Crippen molar-refractivity contribution in [3.63, 3.8) is 0 Å². The number of piperidine rings is 1. The van der Waals surface area contributed by atoms with E-state index < -0.39 is 5.82 Å². The van der Waals surface area contributed by atoms with Crippen LogP contribution in [-0.2, 0) is 0 Å². The third kappa shape index (κ3) is 4.10. The Bertz CT molecular complexity index is 1420. The van der Waals surface area contributed by atoms with E-state index in [1.807, 2.05) is 18.2 Å². The largest absolute Gasteiger partial charge is 0.461 e. The minimum atomic E-state index is -0.410. The summed E-state index contributed by atoms with van der Waals surface area (Å²) in [7, 11) is 0. The molecule has 3 saturated heterocycles. The minimum absolute atomic E-state index is 0.0740. The second-order valence-corrected chi connectivity index (χ2v) is 13.1. The Kier molecular flexibility index (Phi) is 5.78.